The lowest BCUT2D eigenvalue weighted by Gasteiger charge is -2.30. The largest absolute Gasteiger partial charge is 0.341 e. The highest BCUT2D eigenvalue weighted by atomic mass is 32.2. The number of halogens is 1. The zero-order valence-electron chi connectivity index (χ0n) is 19.1. The first-order valence-electron chi connectivity index (χ1n) is 11.8. The number of imide groups is 1. The zero-order chi connectivity index (χ0) is 25.0. The fourth-order valence-electron chi connectivity index (χ4n) is 5.25. The molecule has 0 radical (unpaired) electrons. The van der Waals surface area contributed by atoms with Gasteiger partial charge in [-0.2, -0.15) is 0 Å². The van der Waals surface area contributed by atoms with Gasteiger partial charge in [-0.15, -0.1) is 11.3 Å². The van der Waals surface area contributed by atoms with Gasteiger partial charge in [-0.3, -0.25) is 23.7 Å². The molecule has 2 saturated heterocycles. The van der Waals surface area contributed by atoms with E-state index in [0.717, 1.165) is 45.3 Å². The lowest BCUT2D eigenvalue weighted by molar-refractivity contribution is -0.133. The summed E-state index contributed by atoms with van der Waals surface area (Å²) >= 11 is 3.73. The first-order valence-corrected chi connectivity index (χ1v) is 14.4. The summed E-state index contributed by atoms with van der Waals surface area (Å²) in [6.45, 7) is 1.31. The summed E-state index contributed by atoms with van der Waals surface area (Å²) in [5.74, 6) is -2.45. The molecule has 3 aliphatic rings. The molecule has 5 heterocycles. The molecule has 1 aromatic carbocycles. The summed E-state index contributed by atoms with van der Waals surface area (Å²) in [6, 6.07) is 9.10. The highest BCUT2D eigenvalue weighted by Crippen LogP contribution is 2.54. The van der Waals surface area contributed by atoms with Crippen LogP contribution in [-0.2, 0) is 20.9 Å². The lowest BCUT2D eigenvalue weighted by atomic mass is 9.87. The molecule has 2 fully saturated rings. The van der Waals surface area contributed by atoms with Gasteiger partial charge in [-0.25, -0.2) is 9.29 Å². The van der Waals surface area contributed by atoms with Crippen LogP contribution in [0.2, 0.25) is 0 Å². The molecular weight excluding hydrogens is 521 g/mol. The molecule has 0 aliphatic carbocycles. The van der Waals surface area contributed by atoms with Gasteiger partial charge in [0.1, 0.15) is 17.6 Å². The lowest BCUT2D eigenvalue weighted by Crippen LogP contribution is -2.39. The standard InChI is InChI=1S/C25H22FN3O4S3/c26-14-6-8-15(9-7-14)29-22(31)19-18(16-5-4-12-34-16)21-24(35-20(19)23(29)32)28(25(33)36-21)13-17(30)27-10-2-1-3-11-27/h4-9,12,18-20H,1-3,10-11,13H2/t18-,19-,20+/m0/s1. The maximum atomic E-state index is 13.7. The fourth-order valence-corrected chi connectivity index (χ4v) is 8.97. The predicted molar refractivity (Wildman–Crippen MR) is 137 cm³/mol. The molecule has 2 aromatic heterocycles. The monoisotopic (exact) mass is 543 g/mol. The van der Waals surface area contributed by atoms with Crippen LogP contribution < -0.4 is 9.77 Å². The molecule has 3 aromatic rings. The van der Waals surface area contributed by atoms with E-state index >= 15 is 0 Å². The molecule has 3 amide bonds. The number of carbonyl (C=O) groups is 3. The van der Waals surface area contributed by atoms with Crippen molar-refractivity contribution < 1.29 is 18.8 Å². The SMILES string of the molecule is O=C(Cn1c2c(sc1=O)[C@@H](c1cccs1)[C@@H]1C(=O)N(c3ccc(F)cc3)C(=O)[C@@H]1S2)N1CCCCC1. The van der Waals surface area contributed by atoms with Crippen LogP contribution in [0.15, 0.2) is 51.6 Å². The Balaban J connectivity index is 1.41. The number of thiazole rings is 1. The Kier molecular flexibility index (Phi) is 6.09. The third-order valence-corrected chi connectivity index (χ3v) is 10.5. The third kappa shape index (κ3) is 3.84. The van der Waals surface area contributed by atoms with Crippen LogP contribution in [-0.4, -0.2) is 45.5 Å². The second-order valence-corrected chi connectivity index (χ2v) is 12.2. The first-order chi connectivity index (χ1) is 17.4. The quantitative estimate of drug-likeness (QED) is 0.466. The van der Waals surface area contributed by atoms with Crippen molar-refractivity contribution in [2.45, 2.75) is 42.0 Å². The van der Waals surface area contributed by atoms with Crippen LogP contribution in [0.4, 0.5) is 10.1 Å². The van der Waals surface area contributed by atoms with Gasteiger partial charge in [0.15, 0.2) is 0 Å². The number of hydrogen-bond acceptors (Lipinski definition) is 7. The van der Waals surface area contributed by atoms with Crippen molar-refractivity contribution in [2.75, 3.05) is 18.0 Å². The van der Waals surface area contributed by atoms with Crippen molar-refractivity contribution in [3.63, 3.8) is 0 Å². The van der Waals surface area contributed by atoms with Crippen LogP contribution in [0.25, 0.3) is 0 Å². The van der Waals surface area contributed by atoms with Crippen LogP contribution in [0, 0.1) is 11.7 Å². The van der Waals surface area contributed by atoms with Gasteiger partial charge in [0.05, 0.1) is 16.6 Å². The van der Waals surface area contributed by atoms with Crippen LogP contribution in [0.1, 0.15) is 34.9 Å². The van der Waals surface area contributed by atoms with E-state index < -0.39 is 22.9 Å². The summed E-state index contributed by atoms with van der Waals surface area (Å²) in [7, 11) is 0. The van der Waals surface area contributed by atoms with Gasteiger partial charge in [-0.1, -0.05) is 29.2 Å². The molecule has 0 unspecified atom stereocenters. The molecule has 0 N–H and O–H groups in total. The van der Waals surface area contributed by atoms with Gasteiger partial charge in [-0.05, 0) is 55.0 Å². The Morgan fingerprint density at radius 2 is 1.75 bits per heavy atom. The second kappa shape index (κ2) is 9.28. The number of thiophene rings is 1. The highest BCUT2D eigenvalue weighted by Gasteiger charge is 2.57. The zero-order valence-corrected chi connectivity index (χ0v) is 21.5. The molecule has 186 valence electrons. The third-order valence-electron chi connectivity index (χ3n) is 6.99. The van der Waals surface area contributed by atoms with Crippen LogP contribution >= 0.6 is 34.4 Å². The Morgan fingerprint density at radius 3 is 2.44 bits per heavy atom. The number of amides is 3. The molecule has 3 atom stereocenters. The number of rotatable bonds is 4. The van der Waals surface area contributed by atoms with E-state index in [-0.39, 0.29) is 29.1 Å². The van der Waals surface area contributed by atoms with E-state index in [4.69, 9.17) is 0 Å². The summed E-state index contributed by atoms with van der Waals surface area (Å²) in [5.41, 5.74) is 0.326. The topological polar surface area (TPSA) is 79.7 Å². The number of carbonyl (C=O) groups excluding carboxylic acids is 3. The number of likely N-dealkylation sites (tertiary alicyclic amines) is 1. The van der Waals surface area contributed by atoms with Gasteiger partial charge in [0, 0.05) is 28.8 Å². The van der Waals surface area contributed by atoms with E-state index in [2.05, 4.69) is 0 Å². The molecule has 7 nitrogen and oxygen atoms in total. The molecule has 0 spiro atoms. The number of anilines is 1. The van der Waals surface area contributed by atoms with Crippen molar-refractivity contribution in [3.05, 3.63) is 67.0 Å². The Hall–Kier alpha value is -2.76. The average molecular weight is 544 g/mol. The summed E-state index contributed by atoms with van der Waals surface area (Å²) in [5, 5.41) is 1.76. The van der Waals surface area contributed by atoms with Crippen molar-refractivity contribution in [1.29, 1.82) is 0 Å². The number of thioether (sulfide) groups is 1. The Labute approximate surface area is 218 Å². The maximum Gasteiger partial charge on any atom is 0.308 e. The number of fused-ring (bicyclic) bond motifs is 2. The summed E-state index contributed by atoms with van der Waals surface area (Å²) in [4.78, 5) is 57.7. The molecule has 0 saturated carbocycles. The maximum absolute atomic E-state index is 13.7. The van der Waals surface area contributed by atoms with Gasteiger partial charge in [0.25, 0.3) is 0 Å². The minimum Gasteiger partial charge on any atom is -0.341 e. The first kappa shape index (κ1) is 23.6. The summed E-state index contributed by atoms with van der Waals surface area (Å²) < 4.78 is 15.0. The van der Waals surface area contributed by atoms with Crippen LogP contribution in [0.3, 0.4) is 0 Å². The van der Waals surface area contributed by atoms with E-state index in [9.17, 15) is 23.6 Å². The molecule has 6 rings (SSSR count). The summed E-state index contributed by atoms with van der Waals surface area (Å²) in [6.07, 6.45) is 3.01. The predicted octanol–water partition coefficient (Wildman–Crippen LogP) is 3.92. The van der Waals surface area contributed by atoms with E-state index in [1.165, 1.54) is 51.9 Å². The minimum atomic E-state index is -0.743. The average Bonchev–Trinajstić information content (AvgIpc) is 3.58. The highest BCUT2D eigenvalue weighted by molar-refractivity contribution is 8.00. The molecular formula is C25H22FN3O4S3. The van der Waals surface area contributed by atoms with Crippen molar-refractivity contribution in [2.24, 2.45) is 5.92 Å². The number of aromatic nitrogens is 1. The number of benzene rings is 1. The van der Waals surface area contributed by atoms with Crippen molar-refractivity contribution in [3.8, 4) is 0 Å². The smallest absolute Gasteiger partial charge is 0.308 e. The van der Waals surface area contributed by atoms with E-state index in [1.807, 2.05) is 17.5 Å². The van der Waals surface area contributed by atoms with Gasteiger partial charge < -0.3 is 4.90 Å². The van der Waals surface area contributed by atoms with Crippen molar-refractivity contribution in [1.82, 2.24) is 9.47 Å². The van der Waals surface area contributed by atoms with E-state index in [1.54, 1.807) is 4.90 Å². The van der Waals surface area contributed by atoms with Gasteiger partial charge >= 0.3 is 4.87 Å². The van der Waals surface area contributed by atoms with Crippen LogP contribution in [0.5, 0.6) is 0 Å². The molecule has 11 heteroatoms. The molecule has 3 aliphatic heterocycles. The van der Waals surface area contributed by atoms with Gasteiger partial charge in [0.2, 0.25) is 17.7 Å². The van der Waals surface area contributed by atoms with E-state index in [0.29, 0.717) is 23.8 Å². The van der Waals surface area contributed by atoms with Crippen molar-refractivity contribution >= 4 is 57.8 Å². The Morgan fingerprint density at radius 1 is 1.00 bits per heavy atom. The second-order valence-electron chi connectivity index (χ2n) is 9.11. The normalized spacial score (nSPS) is 23.6. The number of hydrogen-bond donors (Lipinski definition) is 0. The number of nitrogens with zero attached hydrogens (tertiary/aromatic N) is 3. The fraction of sp³-hybridized carbons (Fsp3) is 0.360. The Bertz CT molecular complexity index is 1390. The minimum absolute atomic E-state index is 0.0734. The number of piperidine rings is 1. The molecule has 36 heavy (non-hydrogen) atoms. The molecule has 0 bridgehead atoms.